The SMILES string of the molecule is CCC1(C)CCN(S(=O)(=O)c2cc(Cl)cc(N)c2C)CC1. The Hall–Kier alpha value is -0.780. The third kappa shape index (κ3) is 3.20. The number of piperidine rings is 1. The second-order valence-electron chi connectivity index (χ2n) is 6.19. The number of hydrogen-bond donors (Lipinski definition) is 1. The third-order valence-electron chi connectivity index (χ3n) is 4.77. The molecule has 2 rings (SSSR count). The van der Waals surface area contributed by atoms with E-state index in [1.54, 1.807) is 17.3 Å². The van der Waals surface area contributed by atoms with Gasteiger partial charge in [-0.1, -0.05) is 31.9 Å². The standard InChI is InChI=1S/C15H23ClN2O2S/c1-4-15(3)5-7-18(8-6-15)21(19,20)14-10-12(16)9-13(17)11(14)2/h9-10H,4-8,17H2,1-3H3. The Morgan fingerprint density at radius 2 is 1.90 bits per heavy atom. The fourth-order valence-electron chi connectivity index (χ4n) is 2.70. The molecule has 118 valence electrons. The number of halogens is 1. The molecule has 1 aliphatic heterocycles. The average Bonchev–Trinajstić information content (AvgIpc) is 2.43. The zero-order valence-corrected chi connectivity index (χ0v) is 14.4. The lowest BCUT2D eigenvalue weighted by atomic mass is 9.79. The van der Waals surface area contributed by atoms with Crippen LogP contribution in [0.4, 0.5) is 5.69 Å². The quantitative estimate of drug-likeness (QED) is 0.863. The van der Waals surface area contributed by atoms with E-state index < -0.39 is 10.0 Å². The molecule has 2 N–H and O–H groups in total. The van der Waals surface area contributed by atoms with E-state index in [2.05, 4.69) is 13.8 Å². The molecule has 0 saturated carbocycles. The van der Waals surface area contributed by atoms with Gasteiger partial charge in [-0.25, -0.2) is 8.42 Å². The Balaban J connectivity index is 2.32. The summed E-state index contributed by atoms with van der Waals surface area (Å²) in [6, 6.07) is 3.08. The van der Waals surface area contributed by atoms with Crippen LogP contribution in [0.5, 0.6) is 0 Å². The minimum Gasteiger partial charge on any atom is -0.398 e. The van der Waals surface area contributed by atoms with Crippen molar-refractivity contribution in [1.82, 2.24) is 4.31 Å². The number of rotatable bonds is 3. The molecule has 0 aliphatic carbocycles. The third-order valence-corrected chi connectivity index (χ3v) is 7.01. The molecule has 0 bridgehead atoms. The van der Waals surface area contributed by atoms with Gasteiger partial charge in [-0.3, -0.25) is 0 Å². The Kier molecular flexibility index (Phi) is 4.57. The topological polar surface area (TPSA) is 63.4 Å². The second kappa shape index (κ2) is 5.78. The molecule has 1 aromatic rings. The zero-order valence-electron chi connectivity index (χ0n) is 12.8. The highest BCUT2D eigenvalue weighted by Gasteiger charge is 2.35. The van der Waals surface area contributed by atoms with E-state index in [1.165, 1.54) is 6.07 Å². The van der Waals surface area contributed by atoms with Crippen LogP contribution in [-0.2, 0) is 10.0 Å². The van der Waals surface area contributed by atoms with Gasteiger partial charge in [-0.2, -0.15) is 4.31 Å². The summed E-state index contributed by atoms with van der Waals surface area (Å²) in [4.78, 5) is 0.229. The van der Waals surface area contributed by atoms with Crippen molar-refractivity contribution in [2.24, 2.45) is 5.41 Å². The van der Waals surface area contributed by atoms with Crippen molar-refractivity contribution in [3.63, 3.8) is 0 Å². The van der Waals surface area contributed by atoms with Crippen molar-refractivity contribution in [2.75, 3.05) is 18.8 Å². The van der Waals surface area contributed by atoms with E-state index in [0.717, 1.165) is 19.3 Å². The zero-order chi connectivity index (χ0) is 15.8. The molecule has 1 saturated heterocycles. The Morgan fingerprint density at radius 3 is 2.43 bits per heavy atom. The first kappa shape index (κ1) is 16.6. The van der Waals surface area contributed by atoms with E-state index in [1.807, 2.05) is 0 Å². The van der Waals surface area contributed by atoms with Gasteiger partial charge >= 0.3 is 0 Å². The summed E-state index contributed by atoms with van der Waals surface area (Å²) in [6.07, 6.45) is 2.85. The van der Waals surface area contributed by atoms with Crippen molar-refractivity contribution in [3.05, 3.63) is 22.7 Å². The van der Waals surface area contributed by atoms with E-state index in [-0.39, 0.29) is 10.3 Å². The maximum atomic E-state index is 12.8. The van der Waals surface area contributed by atoms with Gasteiger partial charge in [-0.05, 0) is 42.9 Å². The van der Waals surface area contributed by atoms with E-state index >= 15 is 0 Å². The van der Waals surface area contributed by atoms with E-state index in [9.17, 15) is 8.42 Å². The summed E-state index contributed by atoms with van der Waals surface area (Å²) in [5, 5.41) is 0.354. The first-order valence-corrected chi connectivity index (χ1v) is 9.07. The van der Waals surface area contributed by atoms with Gasteiger partial charge in [0.1, 0.15) is 0 Å². The van der Waals surface area contributed by atoms with Gasteiger partial charge < -0.3 is 5.73 Å². The summed E-state index contributed by atoms with van der Waals surface area (Å²) in [7, 11) is -3.53. The Bertz CT molecular complexity index is 635. The van der Waals surface area contributed by atoms with Gasteiger partial charge in [0.2, 0.25) is 10.0 Å². The van der Waals surface area contributed by atoms with Crippen LogP contribution in [-0.4, -0.2) is 25.8 Å². The van der Waals surface area contributed by atoms with Crippen molar-refractivity contribution in [1.29, 1.82) is 0 Å². The van der Waals surface area contributed by atoms with Crippen molar-refractivity contribution < 1.29 is 8.42 Å². The van der Waals surface area contributed by atoms with Gasteiger partial charge in [0.25, 0.3) is 0 Å². The van der Waals surface area contributed by atoms with Crippen LogP contribution in [0.25, 0.3) is 0 Å². The number of benzene rings is 1. The molecule has 6 heteroatoms. The number of nitrogens with zero attached hydrogens (tertiary/aromatic N) is 1. The molecule has 0 atom stereocenters. The first-order valence-electron chi connectivity index (χ1n) is 7.25. The highest BCUT2D eigenvalue weighted by Crippen LogP contribution is 2.37. The van der Waals surface area contributed by atoms with Crippen LogP contribution >= 0.6 is 11.6 Å². The summed E-state index contributed by atoms with van der Waals surface area (Å²) in [5.74, 6) is 0. The van der Waals surface area contributed by atoms with Crippen LogP contribution in [0.1, 0.15) is 38.7 Å². The lowest BCUT2D eigenvalue weighted by Gasteiger charge is -2.38. The fraction of sp³-hybridized carbons (Fsp3) is 0.600. The van der Waals surface area contributed by atoms with Crippen LogP contribution in [0, 0.1) is 12.3 Å². The molecule has 0 radical (unpaired) electrons. The molecule has 1 heterocycles. The number of nitrogen functional groups attached to an aromatic ring is 1. The summed E-state index contributed by atoms with van der Waals surface area (Å²) >= 11 is 5.97. The Labute approximate surface area is 132 Å². The molecule has 0 amide bonds. The summed E-state index contributed by atoms with van der Waals surface area (Å²) in [6.45, 7) is 7.21. The fourth-order valence-corrected chi connectivity index (χ4v) is 4.71. The largest absolute Gasteiger partial charge is 0.398 e. The number of hydrogen-bond acceptors (Lipinski definition) is 3. The molecule has 4 nitrogen and oxygen atoms in total. The van der Waals surface area contributed by atoms with E-state index in [4.69, 9.17) is 17.3 Å². The first-order chi connectivity index (χ1) is 9.69. The van der Waals surface area contributed by atoms with Gasteiger partial charge in [-0.15, -0.1) is 0 Å². The predicted octanol–water partition coefficient (Wildman–Crippen LogP) is 3.43. The van der Waals surface area contributed by atoms with Crippen molar-refractivity contribution >= 4 is 27.3 Å². The summed E-state index contributed by atoms with van der Waals surface area (Å²) in [5.41, 5.74) is 7.08. The molecule has 0 unspecified atom stereocenters. The smallest absolute Gasteiger partial charge is 0.243 e. The predicted molar refractivity (Wildman–Crippen MR) is 87.0 cm³/mol. The van der Waals surface area contributed by atoms with Crippen molar-refractivity contribution in [2.45, 2.75) is 44.9 Å². The second-order valence-corrected chi connectivity index (χ2v) is 8.53. The summed E-state index contributed by atoms with van der Waals surface area (Å²) < 4.78 is 27.2. The number of anilines is 1. The number of nitrogens with two attached hydrogens (primary N) is 1. The highest BCUT2D eigenvalue weighted by molar-refractivity contribution is 7.89. The van der Waals surface area contributed by atoms with Crippen LogP contribution in [0.15, 0.2) is 17.0 Å². The average molecular weight is 331 g/mol. The normalized spacial score (nSPS) is 19.6. The van der Waals surface area contributed by atoms with Gasteiger partial charge in [0, 0.05) is 23.8 Å². The monoisotopic (exact) mass is 330 g/mol. The molecule has 21 heavy (non-hydrogen) atoms. The lowest BCUT2D eigenvalue weighted by Crippen LogP contribution is -2.42. The minimum absolute atomic E-state index is 0.229. The molecular weight excluding hydrogens is 308 g/mol. The maximum Gasteiger partial charge on any atom is 0.243 e. The maximum absolute atomic E-state index is 12.8. The van der Waals surface area contributed by atoms with Gasteiger partial charge in [0.15, 0.2) is 0 Å². The molecule has 0 spiro atoms. The van der Waals surface area contributed by atoms with Crippen LogP contribution in [0.3, 0.4) is 0 Å². The molecule has 0 aromatic heterocycles. The molecule has 1 aromatic carbocycles. The van der Waals surface area contributed by atoms with Crippen LogP contribution in [0.2, 0.25) is 5.02 Å². The minimum atomic E-state index is -3.53. The highest BCUT2D eigenvalue weighted by atomic mass is 35.5. The Morgan fingerprint density at radius 1 is 1.33 bits per heavy atom. The lowest BCUT2D eigenvalue weighted by molar-refractivity contribution is 0.169. The molecular formula is C15H23ClN2O2S. The van der Waals surface area contributed by atoms with Crippen LogP contribution < -0.4 is 5.73 Å². The van der Waals surface area contributed by atoms with E-state index in [0.29, 0.717) is 29.4 Å². The van der Waals surface area contributed by atoms with Crippen molar-refractivity contribution in [3.8, 4) is 0 Å². The van der Waals surface area contributed by atoms with Gasteiger partial charge in [0.05, 0.1) is 4.90 Å². The number of sulfonamides is 1. The molecule has 1 aliphatic rings. The molecule has 1 fully saturated rings.